The van der Waals surface area contributed by atoms with E-state index in [1.54, 1.807) is 26.0 Å². The molecule has 1 aromatic carbocycles. The molecule has 1 atom stereocenters. The van der Waals surface area contributed by atoms with Gasteiger partial charge in [-0.3, -0.25) is 4.79 Å². The molecule has 18 heavy (non-hydrogen) atoms. The second-order valence-corrected chi connectivity index (χ2v) is 4.17. The van der Waals surface area contributed by atoms with E-state index in [0.717, 1.165) is 5.56 Å². The SMILES string of the molecule is COC(=O)CC(N=C=S)c1cc(C)c(F)c(C)c1. The van der Waals surface area contributed by atoms with Crippen LogP contribution in [0.5, 0.6) is 0 Å². The van der Waals surface area contributed by atoms with Gasteiger partial charge in [-0.2, -0.15) is 0 Å². The molecule has 0 heterocycles. The Morgan fingerprint density at radius 3 is 2.50 bits per heavy atom. The summed E-state index contributed by atoms with van der Waals surface area (Å²) in [6.07, 6.45) is 0.0602. The standard InChI is InChI=1S/C13H14FNO2S/c1-8-4-10(5-9(2)13(8)14)11(15-7-18)6-12(16)17-3/h4-5,11H,6H2,1-3H3. The van der Waals surface area contributed by atoms with Crippen LogP contribution in [0.4, 0.5) is 4.39 Å². The number of aliphatic imine (C=N–C) groups is 1. The van der Waals surface area contributed by atoms with Crippen LogP contribution in [0.1, 0.15) is 29.2 Å². The largest absolute Gasteiger partial charge is 0.469 e. The lowest BCUT2D eigenvalue weighted by Gasteiger charge is -2.12. The van der Waals surface area contributed by atoms with Crippen molar-refractivity contribution < 1.29 is 13.9 Å². The van der Waals surface area contributed by atoms with E-state index in [0.29, 0.717) is 11.1 Å². The molecular formula is C13H14FNO2S. The quantitative estimate of drug-likeness (QED) is 0.478. The zero-order chi connectivity index (χ0) is 13.7. The van der Waals surface area contributed by atoms with E-state index in [9.17, 15) is 9.18 Å². The fraction of sp³-hybridized carbons (Fsp3) is 0.385. The zero-order valence-electron chi connectivity index (χ0n) is 10.5. The normalized spacial score (nSPS) is 11.6. The Bertz CT molecular complexity index is 487. The maximum absolute atomic E-state index is 13.5. The van der Waals surface area contributed by atoms with Gasteiger partial charge >= 0.3 is 5.97 Å². The van der Waals surface area contributed by atoms with Crippen molar-refractivity contribution in [2.45, 2.75) is 26.3 Å². The molecule has 0 aromatic heterocycles. The Morgan fingerprint density at radius 2 is 2.06 bits per heavy atom. The van der Waals surface area contributed by atoms with Gasteiger partial charge in [-0.25, -0.2) is 9.38 Å². The van der Waals surface area contributed by atoms with Crippen LogP contribution < -0.4 is 0 Å². The van der Waals surface area contributed by atoms with Crippen molar-refractivity contribution in [3.8, 4) is 0 Å². The topological polar surface area (TPSA) is 38.7 Å². The first-order valence-electron chi connectivity index (χ1n) is 5.40. The van der Waals surface area contributed by atoms with Crippen molar-refractivity contribution in [1.29, 1.82) is 0 Å². The minimum Gasteiger partial charge on any atom is -0.469 e. The molecule has 0 amide bonds. The number of isothiocyanates is 1. The fourth-order valence-corrected chi connectivity index (χ4v) is 1.84. The van der Waals surface area contributed by atoms with Crippen LogP contribution in [0.2, 0.25) is 0 Å². The summed E-state index contributed by atoms with van der Waals surface area (Å²) in [6, 6.07) is 2.84. The van der Waals surface area contributed by atoms with Crippen LogP contribution in [0.3, 0.4) is 0 Å². The molecule has 0 aliphatic rings. The molecule has 3 nitrogen and oxygen atoms in total. The van der Waals surface area contributed by atoms with E-state index < -0.39 is 12.0 Å². The van der Waals surface area contributed by atoms with E-state index in [4.69, 9.17) is 0 Å². The Hall–Kier alpha value is -1.58. The first kappa shape index (κ1) is 14.5. The number of carbonyl (C=O) groups is 1. The number of hydrogen-bond donors (Lipinski definition) is 0. The molecule has 0 N–H and O–H groups in total. The minimum absolute atomic E-state index is 0.0602. The van der Waals surface area contributed by atoms with Crippen molar-refractivity contribution in [1.82, 2.24) is 0 Å². The van der Waals surface area contributed by atoms with Crippen molar-refractivity contribution >= 4 is 23.3 Å². The number of hydrogen-bond acceptors (Lipinski definition) is 4. The summed E-state index contributed by atoms with van der Waals surface area (Å²) in [5, 5.41) is 2.26. The maximum atomic E-state index is 13.5. The highest BCUT2D eigenvalue weighted by Crippen LogP contribution is 2.25. The molecule has 0 aliphatic heterocycles. The highest BCUT2D eigenvalue weighted by Gasteiger charge is 2.17. The fourth-order valence-electron chi connectivity index (χ4n) is 1.71. The highest BCUT2D eigenvalue weighted by molar-refractivity contribution is 7.78. The third kappa shape index (κ3) is 3.45. The van der Waals surface area contributed by atoms with Crippen LogP contribution in [0, 0.1) is 19.7 Å². The molecule has 1 rings (SSSR count). The van der Waals surface area contributed by atoms with Crippen molar-refractivity contribution in [3.05, 3.63) is 34.6 Å². The summed E-state index contributed by atoms with van der Waals surface area (Å²) in [5.41, 5.74) is 1.76. The zero-order valence-corrected chi connectivity index (χ0v) is 11.3. The molecule has 0 bridgehead atoms. The minimum atomic E-state index is -0.479. The average Bonchev–Trinajstić information content (AvgIpc) is 2.34. The van der Waals surface area contributed by atoms with Gasteiger partial charge in [0.15, 0.2) is 0 Å². The number of benzene rings is 1. The van der Waals surface area contributed by atoms with Crippen molar-refractivity contribution in [2.75, 3.05) is 7.11 Å². The van der Waals surface area contributed by atoms with Gasteiger partial charge in [-0.1, -0.05) is 12.1 Å². The summed E-state index contributed by atoms with van der Waals surface area (Å²) in [4.78, 5) is 15.2. The Balaban J connectivity index is 3.13. The molecule has 96 valence electrons. The van der Waals surface area contributed by atoms with E-state index in [-0.39, 0.29) is 12.2 Å². The van der Waals surface area contributed by atoms with Gasteiger partial charge in [0.05, 0.1) is 24.7 Å². The first-order chi connectivity index (χ1) is 8.49. The number of aryl methyl sites for hydroxylation is 2. The molecular weight excluding hydrogens is 253 g/mol. The van der Waals surface area contributed by atoms with E-state index >= 15 is 0 Å². The third-order valence-corrected chi connectivity index (χ3v) is 2.75. The molecule has 0 saturated carbocycles. The molecule has 0 saturated heterocycles. The first-order valence-corrected chi connectivity index (χ1v) is 5.80. The lowest BCUT2D eigenvalue weighted by Crippen LogP contribution is -2.08. The second kappa shape index (κ2) is 6.38. The number of methoxy groups -OCH3 is 1. The smallest absolute Gasteiger partial charge is 0.308 e. The molecule has 1 aromatic rings. The highest BCUT2D eigenvalue weighted by atomic mass is 32.1. The lowest BCUT2D eigenvalue weighted by molar-refractivity contribution is -0.141. The van der Waals surface area contributed by atoms with Gasteiger partial charge in [-0.15, -0.1) is 0 Å². The van der Waals surface area contributed by atoms with Crippen molar-refractivity contribution in [2.24, 2.45) is 4.99 Å². The number of esters is 1. The number of nitrogens with zero attached hydrogens (tertiary/aromatic N) is 1. The van der Waals surface area contributed by atoms with Crippen LogP contribution in [0.15, 0.2) is 17.1 Å². The predicted molar refractivity (Wildman–Crippen MR) is 70.3 cm³/mol. The molecule has 0 radical (unpaired) electrons. The number of carbonyl (C=O) groups excluding carboxylic acids is 1. The van der Waals surface area contributed by atoms with Crippen molar-refractivity contribution in [3.63, 3.8) is 0 Å². The summed E-state index contributed by atoms with van der Waals surface area (Å²) in [6.45, 7) is 3.34. The van der Waals surface area contributed by atoms with Gasteiger partial charge in [0, 0.05) is 0 Å². The predicted octanol–water partition coefficient (Wildman–Crippen LogP) is 3.15. The van der Waals surface area contributed by atoms with E-state index in [1.165, 1.54) is 7.11 Å². The Kier molecular flexibility index (Phi) is 5.13. The molecule has 0 aliphatic carbocycles. The number of ether oxygens (including phenoxy) is 1. The van der Waals surface area contributed by atoms with E-state index in [1.807, 2.05) is 0 Å². The molecule has 5 heteroatoms. The van der Waals surface area contributed by atoms with Crippen LogP contribution in [0.25, 0.3) is 0 Å². The van der Waals surface area contributed by atoms with Crippen LogP contribution >= 0.6 is 12.2 Å². The van der Waals surface area contributed by atoms with Crippen LogP contribution in [-0.4, -0.2) is 18.2 Å². The average molecular weight is 267 g/mol. The number of halogens is 1. The Morgan fingerprint density at radius 1 is 1.50 bits per heavy atom. The lowest BCUT2D eigenvalue weighted by atomic mass is 9.99. The second-order valence-electron chi connectivity index (χ2n) is 3.99. The number of rotatable bonds is 4. The third-order valence-electron chi connectivity index (χ3n) is 2.64. The van der Waals surface area contributed by atoms with Gasteiger partial charge in [0.2, 0.25) is 0 Å². The summed E-state index contributed by atoms with van der Waals surface area (Å²) in [7, 11) is 1.31. The van der Waals surface area contributed by atoms with Gasteiger partial charge < -0.3 is 4.74 Å². The Labute approximate surface area is 111 Å². The maximum Gasteiger partial charge on any atom is 0.308 e. The molecule has 1 unspecified atom stereocenters. The molecule has 0 fully saturated rings. The monoisotopic (exact) mass is 267 g/mol. The molecule has 0 spiro atoms. The van der Waals surface area contributed by atoms with E-state index in [2.05, 4.69) is 27.1 Å². The summed E-state index contributed by atoms with van der Waals surface area (Å²) >= 11 is 4.57. The summed E-state index contributed by atoms with van der Waals surface area (Å²) in [5.74, 6) is -0.643. The number of thiocarbonyl (C=S) groups is 1. The van der Waals surface area contributed by atoms with Gasteiger partial charge in [0.1, 0.15) is 5.82 Å². The summed E-state index contributed by atoms with van der Waals surface area (Å²) < 4.78 is 18.1. The van der Waals surface area contributed by atoms with Gasteiger partial charge in [0.25, 0.3) is 0 Å². The van der Waals surface area contributed by atoms with Gasteiger partial charge in [-0.05, 0) is 42.8 Å². The van der Waals surface area contributed by atoms with Crippen LogP contribution in [-0.2, 0) is 9.53 Å².